The van der Waals surface area contributed by atoms with Gasteiger partial charge in [0.25, 0.3) is 10.1 Å². The zero-order valence-electron chi connectivity index (χ0n) is 36.0. The Morgan fingerprint density at radius 1 is 0.390 bits per heavy atom. The Morgan fingerprint density at radius 2 is 0.729 bits per heavy atom. The predicted octanol–water partition coefficient (Wildman–Crippen LogP) is 6.24. The highest BCUT2D eigenvalue weighted by Crippen LogP contribution is 2.16. The van der Waals surface area contributed by atoms with Gasteiger partial charge in [-0.1, -0.05) is 75.3 Å². The van der Waals surface area contributed by atoms with Crippen LogP contribution in [0.3, 0.4) is 0 Å². The van der Waals surface area contributed by atoms with E-state index in [1.54, 1.807) is 12.1 Å². The smallest absolute Gasteiger partial charge is 0.297 e. The summed E-state index contributed by atoms with van der Waals surface area (Å²) < 4.78 is 89.9. The molecule has 59 heavy (non-hydrogen) atoms. The van der Waals surface area contributed by atoms with Crippen molar-refractivity contribution in [1.29, 1.82) is 0 Å². The summed E-state index contributed by atoms with van der Waals surface area (Å²) in [6.07, 6.45) is 10.5. The molecular formula is C44H74O14S. The lowest BCUT2D eigenvalue weighted by atomic mass is 10.0. The van der Waals surface area contributed by atoms with Gasteiger partial charge >= 0.3 is 0 Å². The van der Waals surface area contributed by atoms with Crippen LogP contribution in [0.1, 0.15) is 63.0 Å². The summed E-state index contributed by atoms with van der Waals surface area (Å²) in [5, 5.41) is 0. The largest absolute Gasteiger partial charge is 0.491 e. The second-order valence-electron chi connectivity index (χ2n) is 13.6. The Kier molecular flexibility index (Phi) is 34.7. The van der Waals surface area contributed by atoms with Crippen molar-refractivity contribution >= 4 is 10.1 Å². The summed E-state index contributed by atoms with van der Waals surface area (Å²) >= 11 is 0. The van der Waals surface area contributed by atoms with Crippen LogP contribution < -0.4 is 4.74 Å². The van der Waals surface area contributed by atoms with Crippen molar-refractivity contribution in [3.8, 4) is 5.75 Å². The van der Waals surface area contributed by atoms with E-state index in [1.807, 2.05) is 19.1 Å². The molecule has 14 nitrogen and oxygen atoms in total. The Labute approximate surface area is 354 Å². The molecule has 0 N–H and O–H groups in total. The average molecular weight is 859 g/mol. The topological polar surface area (TPSA) is 145 Å². The molecule has 0 aliphatic rings. The van der Waals surface area contributed by atoms with Gasteiger partial charge in [0.1, 0.15) is 12.4 Å². The maximum Gasteiger partial charge on any atom is 0.297 e. The fourth-order valence-corrected chi connectivity index (χ4v) is 6.21. The van der Waals surface area contributed by atoms with E-state index in [0.717, 1.165) is 17.7 Å². The molecule has 0 atom stereocenters. The van der Waals surface area contributed by atoms with E-state index in [1.165, 1.54) is 62.6 Å². The Morgan fingerprint density at radius 3 is 1.12 bits per heavy atom. The molecule has 0 heterocycles. The predicted molar refractivity (Wildman–Crippen MR) is 226 cm³/mol. The molecule has 0 fully saturated rings. The van der Waals surface area contributed by atoms with Crippen LogP contribution in [0.2, 0.25) is 0 Å². The Bertz CT molecular complexity index is 1300. The van der Waals surface area contributed by atoms with Crippen molar-refractivity contribution in [2.75, 3.05) is 145 Å². The summed E-state index contributed by atoms with van der Waals surface area (Å²) in [6.45, 7) is 13.7. The molecule has 0 unspecified atom stereocenters. The van der Waals surface area contributed by atoms with Gasteiger partial charge in [-0.25, -0.2) is 0 Å². The Hall–Kier alpha value is -2.25. The van der Waals surface area contributed by atoms with Gasteiger partial charge in [-0.15, -0.1) is 0 Å². The van der Waals surface area contributed by atoms with Crippen molar-refractivity contribution in [2.45, 2.75) is 70.1 Å². The molecule has 2 aromatic rings. The fourth-order valence-electron chi connectivity index (χ4n) is 5.31. The second-order valence-corrected chi connectivity index (χ2v) is 15.2. The van der Waals surface area contributed by atoms with Gasteiger partial charge in [-0.05, 0) is 49.6 Å². The molecule has 0 amide bonds. The summed E-state index contributed by atoms with van der Waals surface area (Å²) in [5.41, 5.74) is 2.35. The van der Waals surface area contributed by atoms with Gasteiger partial charge in [0.05, 0.1) is 144 Å². The maximum absolute atomic E-state index is 12.1. The zero-order chi connectivity index (χ0) is 42.2. The van der Waals surface area contributed by atoms with Crippen LogP contribution >= 0.6 is 0 Å². The number of rotatable bonds is 44. The normalized spacial score (nSPS) is 11.8. The standard InChI is InChI=1S/C44H74O14S/c1-3-4-5-6-7-8-9-10-42-13-15-43(16-14-42)57-39-37-55-35-33-53-31-29-51-27-25-49-23-21-47-19-20-48-22-24-50-26-28-52-30-32-54-34-36-56-38-40-58-59(45,46)44-17-11-41(2)12-18-44/h11-18H,3-10,19-40H2,1-2H3. The highest BCUT2D eigenvalue weighted by Gasteiger charge is 2.14. The monoisotopic (exact) mass is 858 g/mol. The SMILES string of the molecule is CCCCCCCCCc1ccc(OCCOCCOCCOCCOCCOCCOCCOCCOCCOCCOCCOS(=O)(=O)c2ccc(C)cc2)cc1. The summed E-state index contributed by atoms with van der Waals surface area (Å²) in [5.74, 6) is 0.879. The molecular weight excluding hydrogens is 785 g/mol. The summed E-state index contributed by atoms with van der Waals surface area (Å²) in [7, 11) is -3.78. The minimum atomic E-state index is -3.78. The average Bonchev–Trinajstić information content (AvgIpc) is 3.24. The molecule has 0 bridgehead atoms. The van der Waals surface area contributed by atoms with Crippen LogP contribution in [0.25, 0.3) is 0 Å². The zero-order valence-corrected chi connectivity index (χ0v) is 36.8. The number of unbranched alkanes of at least 4 members (excludes halogenated alkanes) is 6. The third-order valence-electron chi connectivity index (χ3n) is 8.61. The molecule has 0 radical (unpaired) electrons. The third-order valence-corrected chi connectivity index (χ3v) is 9.94. The molecule has 0 aliphatic heterocycles. The quantitative estimate of drug-likeness (QED) is 0.0548. The molecule has 0 saturated heterocycles. The molecule has 2 aromatic carbocycles. The lowest BCUT2D eigenvalue weighted by Crippen LogP contribution is -2.16. The molecule has 2 rings (SSSR count). The van der Waals surface area contributed by atoms with Gasteiger partial charge in [0, 0.05) is 0 Å². The van der Waals surface area contributed by atoms with E-state index in [0.29, 0.717) is 132 Å². The van der Waals surface area contributed by atoms with E-state index >= 15 is 0 Å². The van der Waals surface area contributed by atoms with Crippen molar-refractivity contribution in [3.05, 3.63) is 59.7 Å². The fraction of sp³-hybridized carbons (Fsp3) is 0.727. The van der Waals surface area contributed by atoms with Crippen molar-refractivity contribution in [3.63, 3.8) is 0 Å². The Balaban J connectivity index is 1.18. The minimum Gasteiger partial charge on any atom is -0.491 e. The highest BCUT2D eigenvalue weighted by molar-refractivity contribution is 7.86. The number of aryl methyl sites for hydroxylation is 2. The molecule has 0 aromatic heterocycles. The minimum absolute atomic E-state index is 0.0604. The second kappa shape index (κ2) is 38.7. The third kappa shape index (κ3) is 32.2. The van der Waals surface area contributed by atoms with Crippen LogP contribution in [0.4, 0.5) is 0 Å². The van der Waals surface area contributed by atoms with Crippen LogP contribution in [0.15, 0.2) is 53.4 Å². The number of hydrogen-bond donors (Lipinski definition) is 0. The maximum atomic E-state index is 12.1. The van der Waals surface area contributed by atoms with Gasteiger partial charge < -0.3 is 52.1 Å². The van der Waals surface area contributed by atoms with Crippen molar-refractivity contribution < 1.29 is 64.7 Å². The highest BCUT2D eigenvalue weighted by atomic mass is 32.2. The van der Waals surface area contributed by atoms with E-state index in [9.17, 15) is 8.42 Å². The van der Waals surface area contributed by atoms with E-state index in [-0.39, 0.29) is 18.1 Å². The first-order valence-corrected chi connectivity index (χ1v) is 22.9. The van der Waals surface area contributed by atoms with Crippen molar-refractivity contribution in [1.82, 2.24) is 0 Å². The molecule has 340 valence electrons. The first kappa shape index (κ1) is 52.9. The van der Waals surface area contributed by atoms with Crippen molar-refractivity contribution in [2.24, 2.45) is 0 Å². The van der Waals surface area contributed by atoms with Crippen LogP contribution in [-0.2, 0) is 68.1 Å². The summed E-state index contributed by atoms with van der Waals surface area (Å²) in [4.78, 5) is 0.128. The van der Waals surface area contributed by atoms with Gasteiger partial charge in [-0.2, -0.15) is 8.42 Å². The summed E-state index contributed by atoms with van der Waals surface area (Å²) in [6, 6.07) is 14.9. The van der Waals surface area contributed by atoms with E-state index in [2.05, 4.69) is 19.1 Å². The van der Waals surface area contributed by atoms with Crippen LogP contribution in [0, 0.1) is 6.92 Å². The van der Waals surface area contributed by atoms with Gasteiger partial charge in [0.15, 0.2) is 0 Å². The van der Waals surface area contributed by atoms with E-state index in [4.69, 9.17) is 56.3 Å². The number of ether oxygens (including phenoxy) is 11. The first-order valence-electron chi connectivity index (χ1n) is 21.5. The van der Waals surface area contributed by atoms with Crippen LogP contribution in [-0.4, -0.2) is 154 Å². The molecule has 0 aliphatic carbocycles. The van der Waals surface area contributed by atoms with Gasteiger partial charge in [0.2, 0.25) is 0 Å². The first-order chi connectivity index (χ1) is 29.0. The lowest BCUT2D eigenvalue weighted by Gasteiger charge is -2.09. The number of benzene rings is 2. The molecule has 0 spiro atoms. The van der Waals surface area contributed by atoms with E-state index < -0.39 is 10.1 Å². The van der Waals surface area contributed by atoms with Gasteiger partial charge in [-0.3, -0.25) is 4.18 Å². The number of hydrogen-bond acceptors (Lipinski definition) is 14. The molecule has 15 heteroatoms. The lowest BCUT2D eigenvalue weighted by molar-refractivity contribution is -0.0269. The van der Waals surface area contributed by atoms with Crippen LogP contribution in [0.5, 0.6) is 5.75 Å². The molecule has 0 saturated carbocycles.